The molecule has 0 aliphatic carbocycles. The van der Waals surface area contributed by atoms with Gasteiger partial charge in [-0.2, -0.15) is 0 Å². The molecule has 0 fully saturated rings. The summed E-state index contributed by atoms with van der Waals surface area (Å²) in [5.74, 6) is 1.75. The van der Waals surface area contributed by atoms with Gasteiger partial charge in [-0.25, -0.2) is 15.0 Å². The lowest BCUT2D eigenvalue weighted by Gasteiger charge is -2.21. The Labute approximate surface area is 502 Å². The quantitative estimate of drug-likeness (QED) is 0.137. The molecule has 4 heterocycles. The highest BCUT2D eigenvalue weighted by molar-refractivity contribution is 6.14. The fourth-order valence-corrected chi connectivity index (χ4v) is 13.2. The molecule has 6 heteroatoms. The maximum absolute atomic E-state index is 5.47. The highest BCUT2D eigenvalue weighted by Gasteiger charge is 2.25. The fraction of sp³-hybridized carbons (Fsp3) is 0. The standard InChI is InChI=1S/C81H52N6/c1-5-21-53(22-6-1)55-37-41-59(42-38-55)79-82-80(60-43-39-56(40-44-60)54-23-7-2-8-24-54)84-81(83-79)61-49-70(57-25-9-3-10-26-57)78(71(50-61)58-27-11-4-12-28-58)87-76-51-62(85-72-33-17-13-29-64(72)65-30-14-18-34-73(65)85)45-47-68(76)69-48-46-63(52-77(69)87)86-74-35-19-15-31-66(74)67-32-16-20-36-75(67)86/h1-52H. The Morgan fingerprint density at radius 1 is 0.184 bits per heavy atom. The van der Waals surface area contributed by atoms with Gasteiger partial charge in [0.2, 0.25) is 0 Å². The van der Waals surface area contributed by atoms with Gasteiger partial charge in [-0.15, -0.1) is 0 Å². The molecule has 87 heavy (non-hydrogen) atoms. The van der Waals surface area contributed by atoms with E-state index in [0.717, 1.165) is 122 Å². The van der Waals surface area contributed by atoms with Crippen LogP contribution in [-0.4, -0.2) is 28.7 Å². The molecule has 0 bridgehead atoms. The first kappa shape index (κ1) is 49.8. The topological polar surface area (TPSA) is 53.5 Å². The van der Waals surface area contributed by atoms with Crippen molar-refractivity contribution in [3.63, 3.8) is 0 Å². The number of hydrogen-bond acceptors (Lipinski definition) is 3. The molecule has 13 aromatic carbocycles. The van der Waals surface area contributed by atoms with Crippen LogP contribution in [0, 0.1) is 0 Å². The molecular formula is C81H52N6. The minimum atomic E-state index is 0.569. The van der Waals surface area contributed by atoms with Gasteiger partial charge in [0.15, 0.2) is 17.5 Å². The van der Waals surface area contributed by atoms with Crippen LogP contribution in [0.25, 0.3) is 161 Å². The molecule has 0 radical (unpaired) electrons. The first-order chi connectivity index (χ1) is 43.1. The first-order valence-electron chi connectivity index (χ1n) is 29.6. The zero-order valence-electron chi connectivity index (χ0n) is 47.2. The highest BCUT2D eigenvalue weighted by Crippen LogP contribution is 2.46. The fourth-order valence-electron chi connectivity index (χ4n) is 13.2. The third kappa shape index (κ3) is 8.45. The summed E-state index contributed by atoms with van der Waals surface area (Å²) in [5.41, 5.74) is 21.3. The Bertz CT molecular complexity index is 5030. The van der Waals surface area contributed by atoms with Crippen LogP contribution < -0.4 is 0 Å². The molecule has 0 unspecified atom stereocenters. The number of hydrogen-bond donors (Lipinski definition) is 0. The smallest absolute Gasteiger partial charge is 0.164 e. The Morgan fingerprint density at radius 2 is 0.460 bits per heavy atom. The summed E-state index contributed by atoms with van der Waals surface area (Å²) in [4.78, 5) is 16.2. The van der Waals surface area contributed by atoms with Crippen molar-refractivity contribution >= 4 is 65.4 Å². The molecule has 17 rings (SSSR count). The van der Waals surface area contributed by atoms with E-state index in [1.54, 1.807) is 0 Å². The zero-order valence-corrected chi connectivity index (χ0v) is 47.2. The van der Waals surface area contributed by atoms with Gasteiger partial charge in [0.05, 0.1) is 38.8 Å². The third-order valence-electron chi connectivity index (χ3n) is 17.3. The average molecular weight is 1110 g/mol. The predicted octanol–water partition coefficient (Wildman–Crippen LogP) is 20.8. The number of aromatic nitrogens is 6. The van der Waals surface area contributed by atoms with E-state index in [4.69, 9.17) is 15.0 Å². The molecule has 17 aromatic rings. The minimum absolute atomic E-state index is 0.569. The molecular weight excluding hydrogens is 1060 g/mol. The molecule has 4 aromatic heterocycles. The summed E-state index contributed by atoms with van der Waals surface area (Å²) in [6.07, 6.45) is 0. The van der Waals surface area contributed by atoms with Crippen molar-refractivity contribution in [2.45, 2.75) is 0 Å². The van der Waals surface area contributed by atoms with Gasteiger partial charge in [0.1, 0.15) is 0 Å². The van der Waals surface area contributed by atoms with Crippen LogP contribution in [-0.2, 0) is 0 Å². The summed E-state index contributed by atoms with van der Waals surface area (Å²) in [7, 11) is 0. The number of nitrogens with zero attached hydrogens (tertiary/aromatic N) is 6. The molecule has 0 spiro atoms. The first-order valence-corrected chi connectivity index (χ1v) is 29.6. The summed E-state index contributed by atoms with van der Waals surface area (Å²) in [6, 6.07) is 113. The van der Waals surface area contributed by atoms with E-state index < -0.39 is 0 Å². The Balaban J connectivity index is 0.956. The maximum atomic E-state index is 5.47. The summed E-state index contributed by atoms with van der Waals surface area (Å²) >= 11 is 0. The average Bonchev–Trinajstić information content (AvgIpc) is 1.84. The number of fused-ring (bicyclic) bond motifs is 9. The molecule has 0 N–H and O–H groups in total. The Morgan fingerprint density at radius 3 is 0.816 bits per heavy atom. The predicted molar refractivity (Wildman–Crippen MR) is 361 cm³/mol. The normalized spacial score (nSPS) is 11.7. The van der Waals surface area contributed by atoms with Gasteiger partial charge in [-0.05, 0) is 94.0 Å². The second-order valence-corrected chi connectivity index (χ2v) is 22.3. The van der Waals surface area contributed by atoms with Crippen LogP contribution in [0.1, 0.15) is 0 Å². The summed E-state index contributed by atoms with van der Waals surface area (Å²) in [5, 5.41) is 7.17. The van der Waals surface area contributed by atoms with Crippen LogP contribution in [0.5, 0.6) is 0 Å². The van der Waals surface area contributed by atoms with E-state index in [0.29, 0.717) is 17.5 Å². The van der Waals surface area contributed by atoms with Crippen molar-refractivity contribution in [3.05, 3.63) is 315 Å². The summed E-state index contributed by atoms with van der Waals surface area (Å²) < 4.78 is 7.39. The lowest BCUT2D eigenvalue weighted by Crippen LogP contribution is -2.05. The van der Waals surface area contributed by atoms with Crippen LogP contribution in [0.2, 0.25) is 0 Å². The van der Waals surface area contributed by atoms with Crippen molar-refractivity contribution in [3.8, 4) is 95.7 Å². The van der Waals surface area contributed by atoms with Crippen molar-refractivity contribution in [2.75, 3.05) is 0 Å². The lowest BCUT2D eigenvalue weighted by molar-refractivity contribution is 1.07. The SMILES string of the molecule is c1ccc(-c2ccc(-c3nc(-c4ccc(-c5ccccc5)cc4)nc(-c4cc(-c5ccccc5)c(-n5c6cc(-n7c8ccccc8c8ccccc87)ccc6c6ccc(-n7c8ccccc8c8ccccc87)cc65)c(-c5ccccc5)c4)n3)cc2)cc1. The van der Waals surface area contributed by atoms with Crippen LogP contribution >= 0.6 is 0 Å². The second kappa shape index (κ2) is 20.6. The maximum Gasteiger partial charge on any atom is 0.164 e. The second-order valence-electron chi connectivity index (χ2n) is 22.3. The van der Waals surface area contributed by atoms with E-state index in [2.05, 4.69) is 317 Å². The van der Waals surface area contributed by atoms with Gasteiger partial charge in [-0.3, -0.25) is 0 Å². The molecule has 6 nitrogen and oxygen atoms in total. The Hall–Kier alpha value is -11.7. The van der Waals surface area contributed by atoms with Crippen molar-refractivity contribution in [2.24, 2.45) is 0 Å². The molecule has 0 saturated carbocycles. The van der Waals surface area contributed by atoms with Crippen LogP contribution in [0.4, 0.5) is 0 Å². The van der Waals surface area contributed by atoms with E-state index in [1.807, 2.05) is 12.1 Å². The van der Waals surface area contributed by atoms with Crippen molar-refractivity contribution in [1.82, 2.24) is 28.7 Å². The lowest BCUT2D eigenvalue weighted by atomic mass is 9.92. The molecule has 0 amide bonds. The van der Waals surface area contributed by atoms with Gasteiger partial charge in [0, 0.05) is 71.5 Å². The molecule has 0 atom stereocenters. The van der Waals surface area contributed by atoms with Gasteiger partial charge >= 0.3 is 0 Å². The largest absolute Gasteiger partial charge is 0.309 e. The van der Waals surface area contributed by atoms with E-state index >= 15 is 0 Å². The van der Waals surface area contributed by atoms with E-state index in [9.17, 15) is 0 Å². The van der Waals surface area contributed by atoms with Crippen molar-refractivity contribution < 1.29 is 0 Å². The highest BCUT2D eigenvalue weighted by atomic mass is 15.0. The minimum Gasteiger partial charge on any atom is -0.309 e. The molecule has 406 valence electrons. The third-order valence-corrected chi connectivity index (χ3v) is 17.3. The molecule has 0 aliphatic heterocycles. The zero-order chi connectivity index (χ0) is 57.4. The van der Waals surface area contributed by atoms with Gasteiger partial charge in [-0.1, -0.05) is 255 Å². The monoisotopic (exact) mass is 1110 g/mol. The summed E-state index contributed by atoms with van der Waals surface area (Å²) in [6.45, 7) is 0. The number of rotatable bonds is 10. The number of para-hydroxylation sites is 4. The Kier molecular flexibility index (Phi) is 11.8. The van der Waals surface area contributed by atoms with E-state index in [1.165, 1.54) is 21.5 Å². The molecule has 0 saturated heterocycles. The van der Waals surface area contributed by atoms with Gasteiger partial charge in [0.25, 0.3) is 0 Å². The van der Waals surface area contributed by atoms with Crippen LogP contribution in [0.15, 0.2) is 315 Å². The van der Waals surface area contributed by atoms with Gasteiger partial charge < -0.3 is 13.7 Å². The van der Waals surface area contributed by atoms with Crippen LogP contribution in [0.3, 0.4) is 0 Å². The van der Waals surface area contributed by atoms with E-state index in [-0.39, 0.29) is 0 Å². The molecule has 0 aliphatic rings. The number of benzene rings is 13. The van der Waals surface area contributed by atoms with Crippen molar-refractivity contribution in [1.29, 1.82) is 0 Å².